The normalized spacial score (nSPS) is 12.9. The molecule has 2 amide bonds. The van der Waals surface area contributed by atoms with Gasteiger partial charge in [0, 0.05) is 12.6 Å². The fraction of sp³-hybridized carbons (Fsp3) is 0.286. The summed E-state index contributed by atoms with van der Waals surface area (Å²) in [5, 5.41) is 3.10. The Bertz CT molecular complexity index is 1300. The Balaban J connectivity index is 2.01. The molecule has 0 saturated heterocycles. The summed E-state index contributed by atoms with van der Waals surface area (Å²) in [7, 11) is -4.15. The van der Waals surface area contributed by atoms with Crippen LogP contribution in [0.3, 0.4) is 0 Å². The molecule has 3 aromatic carbocycles. The lowest BCUT2D eigenvalue weighted by Gasteiger charge is -2.32. The van der Waals surface area contributed by atoms with Crippen LogP contribution in [0.1, 0.15) is 32.8 Å². The van der Waals surface area contributed by atoms with Gasteiger partial charge in [-0.3, -0.25) is 13.9 Å². The number of hydrogen-bond acceptors (Lipinski definition) is 4. The van der Waals surface area contributed by atoms with Crippen molar-refractivity contribution in [2.45, 2.75) is 50.7 Å². The molecule has 0 radical (unpaired) electrons. The number of hydrogen-bond donors (Lipinski definition) is 1. The number of anilines is 1. The second kappa shape index (κ2) is 12.7. The number of nitrogens with one attached hydrogen (secondary N) is 1. The molecule has 0 aliphatic heterocycles. The van der Waals surface area contributed by atoms with E-state index in [9.17, 15) is 18.0 Å². The molecule has 0 fully saturated rings. The van der Waals surface area contributed by atoms with Crippen LogP contribution in [-0.2, 0) is 26.2 Å². The first-order valence-corrected chi connectivity index (χ1v) is 13.9. The predicted molar refractivity (Wildman–Crippen MR) is 147 cm³/mol. The maximum atomic E-state index is 13.8. The molecule has 9 heteroatoms. The van der Waals surface area contributed by atoms with E-state index in [2.05, 4.69) is 5.32 Å². The van der Waals surface area contributed by atoms with Crippen molar-refractivity contribution in [1.29, 1.82) is 0 Å². The standard InChI is InChI=1S/C28H32ClN3O4S/c1-4-21(2)30-28(34)22(3)31(19-23-13-7-5-8-14-23)27(33)20-32(26-18-12-11-17-25(26)29)37(35,36)24-15-9-6-10-16-24/h5-18,21-22H,4,19-20H2,1-3H3,(H,30,34). The molecule has 0 bridgehead atoms. The molecule has 3 rings (SSSR count). The van der Waals surface area contributed by atoms with Crippen molar-refractivity contribution in [2.75, 3.05) is 10.8 Å². The fourth-order valence-electron chi connectivity index (χ4n) is 3.72. The van der Waals surface area contributed by atoms with Gasteiger partial charge in [0.15, 0.2) is 0 Å². The maximum Gasteiger partial charge on any atom is 0.264 e. The summed E-state index contributed by atoms with van der Waals surface area (Å²) < 4.78 is 28.4. The predicted octanol–water partition coefficient (Wildman–Crippen LogP) is 4.87. The van der Waals surface area contributed by atoms with E-state index in [1.165, 1.54) is 17.0 Å². The average molecular weight is 542 g/mol. The topological polar surface area (TPSA) is 86.8 Å². The number of rotatable bonds is 11. The Kier molecular flexibility index (Phi) is 9.72. The van der Waals surface area contributed by atoms with Crippen molar-refractivity contribution < 1.29 is 18.0 Å². The monoisotopic (exact) mass is 541 g/mol. The highest BCUT2D eigenvalue weighted by Crippen LogP contribution is 2.30. The lowest BCUT2D eigenvalue weighted by molar-refractivity contribution is -0.139. The second-order valence-electron chi connectivity index (χ2n) is 8.78. The molecule has 0 aliphatic carbocycles. The van der Waals surface area contributed by atoms with Crippen LogP contribution in [0.15, 0.2) is 89.8 Å². The van der Waals surface area contributed by atoms with E-state index in [0.29, 0.717) is 0 Å². The van der Waals surface area contributed by atoms with E-state index in [0.717, 1.165) is 16.3 Å². The average Bonchev–Trinajstić information content (AvgIpc) is 2.91. The molecule has 1 N–H and O–H groups in total. The highest BCUT2D eigenvalue weighted by molar-refractivity contribution is 7.92. The van der Waals surface area contributed by atoms with Crippen LogP contribution in [-0.4, -0.2) is 43.8 Å². The zero-order valence-electron chi connectivity index (χ0n) is 21.2. The first kappa shape index (κ1) is 28.2. The highest BCUT2D eigenvalue weighted by atomic mass is 35.5. The quantitative estimate of drug-likeness (QED) is 0.375. The molecule has 0 aliphatic rings. The van der Waals surface area contributed by atoms with Crippen LogP contribution in [0.4, 0.5) is 5.69 Å². The maximum absolute atomic E-state index is 13.8. The van der Waals surface area contributed by atoms with Crippen molar-refractivity contribution in [3.63, 3.8) is 0 Å². The molecule has 3 aromatic rings. The van der Waals surface area contributed by atoms with E-state index in [1.54, 1.807) is 49.4 Å². The van der Waals surface area contributed by atoms with Crippen LogP contribution in [0.5, 0.6) is 0 Å². The fourth-order valence-corrected chi connectivity index (χ4v) is 5.46. The van der Waals surface area contributed by atoms with Crippen LogP contribution in [0.2, 0.25) is 5.02 Å². The molecule has 0 spiro atoms. The number of amides is 2. The van der Waals surface area contributed by atoms with Gasteiger partial charge in [-0.2, -0.15) is 0 Å². The number of nitrogens with zero attached hydrogens (tertiary/aromatic N) is 2. The third-order valence-electron chi connectivity index (χ3n) is 6.10. The lowest BCUT2D eigenvalue weighted by atomic mass is 10.1. The van der Waals surface area contributed by atoms with Gasteiger partial charge in [0.05, 0.1) is 15.6 Å². The molecule has 2 unspecified atom stereocenters. The van der Waals surface area contributed by atoms with Gasteiger partial charge in [-0.25, -0.2) is 8.42 Å². The summed E-state index contributed by atoms with van der Waals surface area (Å²) in [6, 6.07) is 22.7. The third kappa shape index (κ3) is 7.11. The summed E-state index contributed by atoms with van der Waals surface area (Å²) in [5.74, 6) is -0.844. The lowest BCUT2D eigenvalue weighted by Crippen LogP contribution is -2.52. The molecule has 0 heterocycles. The number of para-hydroxylation sites is 1. The smallest absolute Gasteiger partial charge is 0.264 e. The van der Waals surface area contributed by atoms with Gasteiger partial charge in [0.25, 0.3) is 10.0 Å². The molecule has 37 heavy (non-hydrogen) atoms. The third-order valence-corrected chi connectivity index (χ3v) is 8.19. The summed E-state index contributed by atoms with van der Waals surface area (Å²) in [6.07, 6.45) is 0.737. The van der Waals surface area contributed by atoms with Crippen molar-refractivity contribution in [3.05, 3.63) is 95.5 Å². The highest BCUT2D eigenvalue weighted by Gasteiger charge is 2.33. The minimum Gasteiger partial charge on any atom is -0.352 e. The summed E-state index contributed by atoms with van der Waals surface area (Å²) in [6.45, 7) is 5.09. The zero-order valence-corrected chi connectivity index (χ0v) is 22.7. The molecule has 196 valence electrons. The van der Waals surface area contributed by atoms with Crippen molar-refractivity contribution in [3.8, 4) is 0 Å². The first-order chi connectivity index (χ1) is 17.6. The molecular formula is C28H32ClN3O4S. The zero-order chi connectivity index (χ0) is 27.0. The van der Waals surface area contributed by atoms with Gasteiger partial charge in [-0.1, -0.05) is 79.2 Å². The minimum absolute atomic E-state index is 0.0277. The number of sulfonamides is 1. The Morgan fingerprint density at radius 1 is 0.892 bits per heavy atom. The van der Waals surface area contributed by atoms with Crippen molar-refractivity contribution >= 4 is 39.1 Å². The Morgan fingerprint density at radius 3 is 2.05 bits per heavy atom. The largest absolute Gasteiger partial charge is 0.352 e. The minimum atomic E-state index is -4.15. The summed E-state index contributed by atoms with van der Waals surface area (Å²) in [4.78, 5) is 28.3. The summed E-state index contributed by atoms with van der Waals surface area (Å²) in [5.41, 5.74) is 0.993. The van der Waals surface area contributed by atoms with Crippen molar-refractivity contribution in [1.82, 2.24) is 10.2 Å². The van der Waals surface area contributed by atoms with Crippen LogP contribution in [0.25, 0.3) is 0 Å². The second-order valence-corrected chi connectivity index (χ2v) is 11.0. The van der Waals surface area contributed by atoms with E-state index in [1.807, 2.05) is 44.2 Å². The van der Waals surface area contributed by atoms with Crippen LogP contribution < -0.4 is 9.62 Å². The van der Waals surface area contributed by atoms with Gasteiger partial charge in [0.2, 0.25) is 11.8 Å². The molecule has 0 aromatic heterocycles. The van der Waals surface area contributed by atoms with E-state index >= 15 is 0 Å². The molecule has 2 atom stereocenters. The number of benzene rings is 3. The number of carbonyl (C=O) groups excluding carboxylic acids is 2. The van der Waals surface area contributed by atoms with Crippen LogP contribution >= 0.6 is 11.6 Å². The molecular weight excluding hydrogens is 510 g/mol. The van der Waals surface area contributed by atoms with Gasteiger partial charge in [-0.05, 0) is 50.1 Å². The number of carbonyl (C=O) groups is 2. The van der Waals surface area contributed by atoms with Gasteiger partial charge in [0.1, 0.15) is 12.6 Å². The van der Waals surface area contributed by atoms with Gasteiger partial charge < -0.3 is 10.2 Å². The van der Waals surface area contributed by atoms with E-state index in [-0.39, 0.29) is 34.1 Å². The number of halogens is 1. The molecule has 7 nitrogen and oxygen atoms in total. The van der Waals surface area contributed by atoms with Gasteiger partial charge in [-0.15, -0.1) is 0 Å². The van der Waals surface area contributed by atoms with E-state index in [4.69, 9.17) is 11.6 Å². The van der Waals surface area contributed by atoms with Crippen molar-refractivity contribution in [2.24, 2.45) is 0 Å². The van der Waals surface area contributed by atoms with E-state index < -0.39 is 28.5 Å². The van der Waals surface area contributed by atoms with Crippen LogP contribution in [0, 0.1) is 0 Å². The van der Waals surface area contributed by atoms with Gasteiger partial charge >= 0.3 is 0 Å². The Hall–Kier alpha value is -3.36. The Morgan fingerprint density at radius 2 is 1.46 bits per heavy atom. The SMILES string of the molecule is CCC(C)NC(=O)C(C)N(Cc1ccccc1)C(=O)CN(c1ccccc1Cl)S(=O)(=O)c1ccccc1. The Labute approximate surface area is 224 Å². The first-order valence-electron chi connectivity index (χ1n) is 12.1. The summed E-state index contributed by atoms with van der Waals surface area (Å²) >= 11 is 6.40. The molecule has 0 saturated carbocycles.